The van der Waals surface area contributed by atoms with Gasteiger partial charge in [0, 0.05) is 11.6 Å². The minimum Gasteiger partial charge on any atom is -0.496 e. The van der Waals surface area contributed by atoms with Crippen LogP contribution in [0, 0.1) is 5.41 Å². The SMILES string of the molecule is CCCNC(CC(C)(C)C)c1ccccc1OC. The molecule has 0 saturated heterocycles. The first-order valence-corrected chi connectivity index (χ1v) is 6.84. The van der Waals surface area contributed by atoms with Crippen molar-refractivity contribution in [2.24, 2.45) is 5.41 Å². The lowest BCUT2D eigenvalue weighted by molar-refractivity contribution is 0.304. The maximum atomic E-state index is 5.48. The number of para-hydroxylation sites is 1. The van der Waals surface area contributed by atoms with Gasteiger partial charge in [0.25, 0.3) is 0 Å². The van der Waals surface area contributed by atoms with Crippen molar-refractivity contribution < 1.29 is 4.74 Å². The molecule has 0 radical (unpaired) electrons. The summed E-state index contributed by atoms with van der Waals surface area (Å²) in [6, 6.07) is 8.68. The molecule has 102 valence electrons. The average molecular weight is 249 g/mol. The molecule has 0 aliphatic carbocycles. The van der Waals surface area contributed by atoms with Crippen LogP contribution in [0.4, 0.5) is 0 Å². The Morgan fingerprint density at radius 3 is 2.44 bits per heavy atom. The summed E-state index contributed by atoms with van der Waals surface area (Å²) in [4.78, 5) is 0. The quantitative estimate of drug-likeness (QED) is 0.817. The molecule has 0 spiro atoms. The zero-order chi connectivity index (χ0) is 13.6. The zero-order valence-corrected chi connectivity index (χ0v) is 12.4. The van der Waals surface area contributed by atoms with Gasteiger partial charge in [-0.25, -0.2) is 0 Å². The van der Waals surface area contributed by atoms with Crippen LogP contribution in [0.3, 0.4) is 0 Å². The smallest absolute Gasteiger partial charge is 0.123 e. The van der Waals surface area contributed by atoms with Gasteiger partial charge < -0.3 is 10.1 Å². The molecule has 1 atom stereocenters. The van der Waals surface area contributed by atoms with Gasteiger partial charge in [0.1, 0.15) is 5.75 Å². The van der Waals surface area contributed by atoms with Gasteiger partial charge in [0.2, 0.25) is 0 Å². The fourth-order valence-corrected chi connectivity index (χ4v) is 2.18. The Morgan fingerprint density at radius 1 is 1.22 bits per heavy atom. The lowest BCUT2D eigenvalue weighted by Gasteiger charge is -2.28. The van der Waals surface area contributed by atoms with Crippen molar-refractivity contribution >= 4 is 0 Å². The average Bonchev–Trinajstić information content (AvgIpc) is 2.33. The van der Waals surface area contributed by atoms with Gasteiger partial charge in [0.05, 0.1) is 7.11 Å². The first kappa shape index (κ1) is 15.0. The second-order valence-corrected chi connectivity index (χ2v) is 6.01. The van der Waals surface area contributed by atoms with E-state index in [0.29, 0.717) is 11.5 Å². The fraction of sp³-hybridized carbons (Fsp3) is 0.625. The van der Waals surface area contributed by atoms with Crippen molar-refractivity contribution in [1.29, 1.82) is 0 Å². The molecule has 0 bridgehead atoms. The van der Waals surface area contributed by atoms with Crippen LogP contribution in [0.5, 0.6) is 5.75 Å². The monoisotopic (exact) mass is 249 g/mol. The van der Waals surface area contributed by atoms with Gasteiger partial charge in [-0.1, -0.05) is 45.9 Å². The predicted octanol–water partition coefficient (Wildman–Crippen LogP) is 4.17. The summed E-state index contributed by atoms with van der Waals surface area (Å²) in [5.74, 6) is 0.982. The molecule has 2 nitrogen and oxygen atoms in total. The van der Waals surface area contributed by atoms with Crippen molar-refractivity contribution in [3.05, 3.63) is 29.8 Å². The largest absolute Gasteiger partial charge is 0.496 e. The Labute approximate surface area is 112 Å². The number of methoxy groups -OCH3 is 1. The predicted molar refractivity (Wildman–Crippen MR) is 78.1 cm³/mol. The Kier molecular flexibility index (Phi) is 5.67. The van der Waals surface area contributed by atoms with E-state index in [1.165, 1.54) is 5.56 Å². The number of hydrogen-bond acceptors (Lipinski definition) is 2. The molecule has 0 aliphatic heterocycles. The van der Waals surface area contributed by atoms with Crippen LogP contribution in [-0.4, -0.2) is 13.7 Å². The Morgan fingerprint density at radius 2 is 1.89 bits per heavy atom. The normalized spacial score (nSPS) is 13.4. The van der Waals surface area contributed by atoms with Crippen LogP contribution in [0.2, 0.25) is 0 Å². The minimum absolute atomic E-state index is 0.298. The third-order valence-electron chi connectivity index (χ3n) is 2.97. The van der Waals surface area contributed by atoms with Crippen LogP contribution in [0.15, 0.2) is 24.3 Å². The van der Waals surface area contributed by atoms with Crippen molar-refractivity contribution in [1.82, 2.24) is 5.32 Å². The highest BCUT2D eigenvalue weighted by atomic mass is 16.5. The van der Waals surface area contributed by atoms with Crippen LogP contribution in [0.1, 0.15) is 52.1 Å². The number of ether oxygens (including phenoxy) is 1. The molecule has 1 N–H and O–H groups in total. The molecule has 0 heterocycles. The first-order valence-electron chi connectivity index (χ1n) is 6.84. The van der Waals surface area contributed by atoms with Crippen molar-refractivity contribution in [2.75, 3.05) is 13.7 Å². The highest BCUT2D eigenvalue weighted by Crippen LogP contribution is 2.33. The van der Waals surface area contributed by atoms with E-state index >= 15 is 0 Å². The van der Waals surface area contributed by atoms with Crippen molar-refractivity contribution in [3.8, 4) is 5.75 Å². The molecule has 0 amide bonds. The molecular formula is C16H27NO. The summed E-state index contributed by atoms with van der Waals surface area (Å²) in [5.41, 5.74) is 1.56. The van der Waals surface area contributed by atoms with Gasteiger partial charge in [-0.15, -0.1) is 0 Å². The molecule has 1 unspecified atom stereocenters. The summed E-state index contributed by atoms with van der Waals surface area (Å²) in [7, 11) is 1.74. The Bertz CT molecular complexity index is 354. The summed E-state index contributed by atoms with van der Waals surface area (Å²) in [5, 5.41) is 3.64. The van der Waals surface area contributed by atoms with E-state index in [1.807, 2.05) is 12.1 Å². The molecule has 1 aromatic carbocycles. The molecule has 2 heteroatoms. The third-order valence-corrected chi connectivity index (χ3v) is 2.97. The van der Waals surface area contributed by atoms with Crippen LogP contribution >= 0.6 is 0 Å². The fourth-order valence-electron chi connectivity index (χ4n) is 2.18. The molecule has 1 aromatic rings. The molecule has 0 fully saturated rings. The Hall–Kier alpha value is -1.02. The summed E-state index contributed by atoms with van der Waals surface area (Å²) >= 11 is 0. The van der Waals surface area contributed by atoms with Gasteiger partial charge in [-0.2, -0.15) is 0 Å². The molecule has 0 aliphatic rings. The van der Waals surface area contributed by atoms with Gasteiger partial charge in [-0.3, -0.25) is 0 Å². The standard InChI is InChI=1S/C16H27NO/c1-6-11-17-14(12-16(2,3)4)13-9-7-8-10-15(13)18-5/h7-10,14,17H,6,11-12H2,1-5H3. The Balaban J connectivity index is 2.93. The van der Waals surface area contributed by atoms with E-state index in [0.717, 1.165) is 25.1 Å². The minimum atomic E-state index is 0.298. The van der Waals surface area contributed by atoms with Crippen molar-refractivity contribution in [3.63, 3.8) is 0 Å². The lowest BCUT2D eigenvalue weighted by Crippen LogP contribution is -2.26. The third kappa shape index (κ3) is 4.69. The second-order valence-electron chi connectivity index (χ2n) is 6.01. The van der Waals surface area contributed by atoms with Crippen LogP contribution in [0.25, 0.3) is 0 Å². The van der Waals surface area contributed by atoms with E-state index in [9.17, 15) is 0 Å². The zero-order valence-electron chi connectivity index (χ0n) is 12.4. The molecule has 0 aromatic heterocycles. The van der Waals surface area contributed by atoms with E-state index < -0.39 is 0 Å². The van der Waals surface area contributed by atoms with E-state index in [-0.39, 0.29) is 0 Å². The number of hydrogen-bond donors (Lipinski definition) is 1. The first-order chi connectivity index (χ1) is 8.48. The molecule has 0 saturated carbocycles. The number of benzene rings is 1. The van der Waals surface area contributed by atoms with E-state index in [1.54, 1.807) is 7.11 Å². The van der Waals surface area contributed by atoms with Crippen molar-refractivity contribution in [2.45, 2.75) is 46.6 Å². The molecular weight excluding hydrogens is 222 g/mol. The van der Waals surface area contributed by atoms with E-state index in [4.69, 9.17) is 4.74 Å². The number of nitrogens with one attached hydrogen (secondary N) is 1. The highest BCUT2D eigenvalue weighted by Gasteiger charge is 2.21. The summed E-state index contributed by atoms with van der Waals surface area (Å²) in [6.45, 7) is 10.1. The van der Waals surface area contributed by atoms with Gasteiger partial charge >= 0.3 is 0 Å². The maximum absolute atomic E-state index is 5.48. The maximum Gasteiger partial charge on any atom is 0.123 e. The van der Waals surface area contributed by atoms with E-state index in [2.05, 4.69) is 45.1 Å². The highest BCUT2D eigenvalue weighted by molar-refractivity contribution is 5.36. The molecule has 1 rings (SSSR count). The van der Waals surface area contributed by atoms with Gasteiger partial charge in [-0.05, 0) is 30.9 Å². The summed E-state index contributed by atoms with van der Waals surface area (Å²) in [6.07, 6.45) is 2.25. The lowest BCUT2D eigenvalue weighted by atomic mass is 9.85. The van der Waals surface area contributed by atoms with Gasteiger partial charge in [0.15, 0.2) is 0 Å². The number of rotatable bonds is 6. The summed E-state index contributed by atoms with van der Waals surface area (Å²) < 4.78 is 5.48. The second kappa shape index (κ2) is 6.79. The van der Waals surface area contributed by atoms with Crippen LogP contribution in [-0.2, 0) is 0 Å². The van der Waals surface area contributed by atoms with Crippen LogP contribution < -0.4 is 10.1 Å². The topological polar surface area (TPSA) is 21.3 Å². The molecule has 18 heavy (non-hydrogen) atoms.